The van der Waals surface area contributed by atoms with Crippen molar-refractivity contribution in [1.82, 2.24) is 9.97 Å². The van der Waals surface area contributed by atoms with E-state index in [4.69, 9.17) is 5.11 Å². The van der Waals surface area contributed by atoms with Gasteiger partial charge in [0.1, 0.15) is 0 Å². The van der Waals surface area contributed by atoms with Crippen molar-refractivity contribution in [1.29, 1.82) is 0 Å². The molecule has 0 spiro atoms. The van der Waals surface area contributed by atoms with Gasteiger partial charge >= 0.3 is 0 Å². The van der Waals surface area contributed by atoms with E-state index in [1.165, 1.54) is 19.9 Å². The molecule has 8 rings (SSSR count). The van der Waals surface area contributed by atoms with Gasteiger partial charge in [0, 0.05) is 61.3 Å². The molecule has 289 valence electrons. The van der Waals surface area contributed by atoms with Crippen molar-refractivity contribution in [2.24, 2.45) is 0 Å². The van der Waals surface area contributed by atoms with Crippen LogP contribution in [0.4, 0.5) is 34.1 Å². The molecule has 6 aromatic carbocycles. The summed E-state index contributed by atoms with van der Waals surface area (Å²) in [6, 6.07) is 72.4. The summed E-state index contributed by atoms with van der Waals surface area (Å²) in [5.74, 6) is -0.0625. The van der Waals surface area contributed by atoms with E-state index in [2.05, 4.69) is 153 Å². The van der Waals surface area contributed by atoms with Gasteiger partial charge in [-0.3, -0.25) is 4.79 Å². The summed E-state index contributed by atoms with van der Waals surface area (Å²) in [6.45, 7) is 2.85. The Morgan fingerprint density at radius 3 is 1.02 bits per heavy atom. The first kappa shape index (κ1) is 42.2. The number of carbonyl (C=O) groups excluding carboxylic acids is 1. The van der Waals surface area contributed by atoms with Crippen LogP contribution in [0.2, 0.25) is 0 Å². The molecule has 1 N–H and O–H groups in total. The molecule has 8 aromatic rings. The quantitative estimate of drug-likeness (QED) is 0.0883. The Balaban J connectivity index is 0.000000188. The fourth-order valence-electron chi connectivity index (χ4n) is 5.97. The topological polar surface area (TPSA) is 69.6 Å². The van der Waals surface area contributed by atoms with E-state index < -0.39 is 0 Å². The third-order valence-corrected chi connectivity index (χ3v) is 8.46. The van der Waals surface area contributed by atoms with E-state index in [1.807, 2.05) is 72.8 Å². The van der Waals surface area contributed by atoms with Crippen molar-refractivity contribution in [2.45, 2.75) is 13.8 Å². The van der Waals surface area contributed by atoms with Crippen molar-refractivity contribution in [2.75, 3.05) is 9.80 Å². The van der Waals surface area contributed by atoms with Crippen molar-refractivity contribution in [3.63, 3.8) is 0 Å². The van der Waals surface area contributed by atoms with Crippen molar-refractivity contribution in [3.8, 4) is 22.5 Å². The Labute approximate surface area is 354 Å². The molecule has 2 heterocycles. The van der Waals surface area contributed by atoms with E-state index in [0.717, 1.165) is 56.6 Å². The number of aliphatic hydroxyl groups excluding tert-OH is 1. The summed E-state index contributed by atoms with van der Waals surface area (Å²) in [5, 5.41) is 8.36. The van der Waals surface area contributed by atoms with Gasteiger partial charge in [-0.1, -0.05) is 97.1 Å². The van der Waals surface area contributed by atoms with E-state index in [9.17, 15) is 4.79 Å². The molecule has 58 heavy (non-hydrogen) atoms. The monoisotopic (exact) mass is 935 g/mol. The predicted octanol–water partition coefficient (Wildman–Crippen LogP) is 13.1. The number of aromatic nitrogens is 2. The van der Waals surface area contributed by atoms with Gasteiger partial charge in [0.15, 0.2) is 5.78 Å². The molecule has 2 aromatic heterocycles. The Bertz CT molecular complexity index is 2170. The van der Waals surface area contributed by atoms with Crippen LogP contribution < -0.4 is 9.80 Å². The van der Waals surface area contributed by atoms with Crippen LogP contribution in [0.25, 0.3) is 22.5 Å². The van der Waals surface area contributed by atoms with Crippen molar-refractivity contribution in [3.05, 3.63) is 230 Å². The van der Waals surface area contributed by atoms with E-state index in [-0.39, 0.29) is 31.6 Å². The standard InChI is InChI=1S/2C23H17N2.C5H8O2.Ir/c2*1-3-9-20(10-4-1)25(21-11-5-2-6-12-21)22-16-14-19(15-17-22)23-13-7-8-18-24-23;1-4(6)3-5(2)7;/h2*1-14,16-18H;3,6H,1-2H3;/q2*-1;;/b;;4-3-;. The molecule has 0 fully saturated rings. The first-order valence-electron chi connectivity index (χ1n) is 18.5. The van der Waals surface area contributed by atoms with Gasteiger partial charge in [0.2, 0.25) is 0 Å². The fraction of sp³-hybridized carbons (Fsp3) is 0.0392. The zero-order valence-electron chi connectivity index (χ0n) is 32.2. The van der Waals surface area contributed by atoms with Crippen LogP contribution in [-0.2, 0) is 24.9 Å². The molecule has 0 saturated carbocycles. The van der Waals surface area contributed by atoms with Gasteiger partial charge in [0.05, 0.1) is 5.76 Å². The zero-order chi connectivity index (χ0) is 39.7. The molecule has 7 heteroatoms. The number of anilines is 6. The molecule has 0 aliphatic carbocycles. The number of hydrogen-bond donors (Lipinski definition) is 1. The van der Waals surface area contributed by atoms with Crippen LogP contribution in [0.5, 0.6) is 0 Å². The van der Waals surface area contributed by atoms with E-state index in [0.29, 0.717) is 0 Å². The summed E-state index contributed by atoms with van der Waals surface area (Å²) in [6.07, 6.45) is 4.77. The van der Waals surface area contributed by atoms with Crippen LogP contribution in [0.15, 0.2) is 218 Å². The Hall–Kier alpha value is -6.92. The van der Waals surface area contributed by atoms with Gasteiger partial charge in [-0.2, -0.15) is 0 Å². The number of rotatable bonds is 9. The largest absolute Gasteiger partial charge is 0.512 e. The zero-order valence-corrected chi connectivity index (χ0v) is 34.6. The third-order valence-electron chi connectivity index (χ3n) is 8.46. The first-order valence-corrected chi connectivity index (χ1v) is 18.5. The van der Waals surface area contributed by atoms with Gasteiger partial charge in [-0.05, 0) is 97.3 Å². The van der Waals surface area contributed by atoms with Gasteiger partial charge in [-0.25, -0.2) is 0 Å². The normalized spacial score (nSPS) is 10.3. The Morgan fingerprint density at radius 2 is 0.793 bits per heavy atom. The van der Waals surface area contributed by atoms with Crippen LogP contribution >= 0.6 is 0 Å². The number of para-hydroxylation sites is 4. The average Bonchev–Trinajstić information content (AvgIpc) is 3.27. The first-order chi connectivity index (χ1) is 28.0. The number of ketones is 1. The summed E-state index contributed by atoms with van der Waals surface area (Å²) in [5.41, 5.74) is 10.4. The maximum absolute atomic E-state index is 10.0. The second kappa shape index (κ2) is 22.0. The number of benzene rings is 6. The van der Waals surface area contributed by atoms with E-state index >= 15 is 0 Å². The summed E-state index contributed by atoms with van der Waals surface area (Å²) < 4.78 is 0. The maximum atomic E-state index is 10.0. The molecule has 0 atom stereocenters. The number of allylic oxidation sites excluding steroid dienone is 2. The minimum absolute atomic E-state index is 0. The van der Waals surface area contributed by atoms with Gasteiger partial charge < -0.3 is 24.9 Å². The minimum atomic E-state index is -0.125. The molecular weight excluding hydrogens is 893 g/mol. The number of pyridine rings is 2. The van der Waals surface area contributed by atoms with Crippen LogP contribution in [0.3, 0.4) is 0 Å². The van der Waals surface area contributed by atoms with Crippen molar-refractivity contribution < 1.29 is 30.0 Å². The predicted molar refractivity (Wildman–Crippen MR) is 233 cm³/mol. The molecule has 6 nitrogen and oxygen atoms in total. The van der Waals surface area contributed by atoms with E-state index in [1.54, 1.807) is 12.4 Å². The minimum Gasteiger partial charge on any atom is -0.512 e. The SMILES string of the molecule is CC(=O)/C=C(/C)O.[Ir].[c-]1cc(N(c2ccccc2)c2ccccc2)ccc1-c1ccccn1.[c-]1cc(N(c2ccccc2)c2ccccc2)ccc1-c1ccccn1. The number of hydrogen-bond acceptors (Lipinski definition) is 6. The third kappa shape index (κ3) is 12.0. The summed E-state index contributed by atoms with van der Waals surface area (Å²) in [7, 11) is 0. The molecule has 0 bridgehead atoms. The number of aliphatic hydroxyl groups is 1. The molecule has 0 saturated heterocycles. The maximum Gasteiger partial charge on any atom is 0.155 e. The molecule has 0 amide bonds. The second-order valence-corrected chi connectivity index (χ2v) is 12.8. The smallest absolute Gasteiger partial charge is 0.155 e. The number of carbonyl (C=O) groups is 1. The van der Waals surface area contributed by atoms with Crippen LogP contribution in [0, 0.1) is 12.1 Å². The average molecular weight is 935 g/mol. The summed E-state index contributed by atoms with van der Waals surface area (Å²) >= 11 is 0. The Kier molecular flexibility index (Phi) is 16.0. The second-order valence-electron chi connectivity index (χ2n) is 12.8. The Morgan fingerprint density at radius 1 is 0.466 bits per heavy atom. The van der Waals surface area contributed by atoms with Crippen LogP contribution in [-0.4, -0.2) is 20.9 Å². The van der Waals surface area contributed by atoms with Gasteiger partial charge in [-0.15, -0.1) is 59.7 Å². The van der Waals surface area contributed by atoms with Crippen molar-refractivity contribution >= 4 is 39.9 Å². The fourth-order valence-corrected chi connectivity index (χ4v) is 5.97. The molecule has 1 radical (unpaired) electrons. The molecular formula is C51H42IrN4O2-2. The van der Waals surface area contributed by atoms with Gasteiger partial charge in [0.25, 0.3) is 0 Å². The summed E-state index contributed by atoms with van der Waals surface area (Å²) in [4.78, 5) is 23.2. The van der Waals surface area contributed by atoms with Crippen LogP contribution in [0.1, 0.15) is 13.8 Å². The number of nitrogens with zero attached hydrogens (tertiary/aromatic N) is 4. The molecule has 0 unspecified atom stereocenters. The molecule has 0 aliphatic rings. The molecule has 0 aliphatic heterocycles.